The number of hydrogen-bond donors (Lipinski definition) is 3. The van der Waals surface area contributed by atoms with Crippen LogP contribution in [0, 0.1) is 6.92 Å². The van der Waals surface area contributed by atoms with E-state index in [1.807, 2.05) is 0 Å². The van der Waals surface area contributed by atoms with E-state index < -0.39 is 0 Å². The molecule has 1 aliphatic rings. The van der Waals surface area contributed by atoms with Crippen molar-refractivity contribution in [1.82, 2.24) is 10.3 Å². The molecule has 20 heavy (non-hydrogen) atoms. The fourth-order valence-electron chi connectivity index (χ4n) is 2.53. The number of ether oxygens (including phenoxy) is 1. The quantitative estimate of drug-likeness (QED) is 0.691. The number of aromatic hydroxyl groups is 1. The van der Waals surface area contributed by atoms with E-state index in [4.69, 9.17) is 4.74 Å². The van der Waals surface area contributed by atoms with Crippen molar-refractivity contribution >= 4 is 0 Å². The van der Waals surface area contributed by atoms with Crippen LogP contribution in [0.5, 0.6) is 5.75 Å². The van der Waals surface area contributed by atoms with Gasteiger partial charge in [0.25, 0.3) is 0 Å². The lowest BCUT2D eigenvalue weighted by Gasteiger charge is -2.22. The van der Waals surface area contributed by atoms with Gasteiger partial charge in [-0.05, 0) is 39.2 Å². The molecule has 1 fully saturated rings. The first-order chi connectivity index (χ1) is 9.72. The van der Waals surface area contributed by atoms with Crippen molar-refractivity contribution in [1.29, 1.82) is 0 Å². The second-order valence-corrected chi connectivity index (χ2v) is 5.31. The molecule has 2 rings (SSSR count). The Bertz CT molecular complexity index is 431. The van der Waals surface area contributed by atoms with Crippen LogP contribution in [0.4, 0.5) is 0 Å². The summed E-state index contributed by atoms with van der Waals surface area (Å²) in [6.45, 7) is 3.91. The van der Waals surface area contributed by atoms with Gasteiger partial charge in [-0.1, -0.05) is 0 Å². The maximum absolute atomic E-state index is 10.0. The van der Waals surface area contributed by atoms with Crippen molar-refractivity contribution in [2.45, 2.75) is 51.9 Å². The van der Waals surface area contributed by atoms with Gasteiger partial charge in [0.2, 0.25) is 0 Å². The Hall–Kier alpha value is -1.17. The third kappa shape index (κ3) is 3.91. The Balaban J connectivity index is 1.82. The zero-order valence-corrected chi connectivity index (χ0v) is 12.1. The van der Waals surface area contributed by atoms with Crippen LogP contribution in [0.25, 0.3) is 0 Å². The molecule has 0 aliphatic carbocycles. The fraction of sp³-hybridized carbons (Fsp3) is 0.667. The summed E-state index contributed by atoms with van der Waals surface area (Å²) >= 11 is 0. The van der Waals surface area contributed by atoms with Crippen LogP contribution in [0.3, 0.4) is 0 Å². The molecule has 0 bridgehead atoms. The van der Waals surface area contributed by atoms with Crippen LogP contribution in [-0.4, -0.2) is 34.5 Å². The number of aliphatic hydroxyl groups excluding tert-OH is 1. The van der Waals surface area contributed by atoms with Gasteiger partial charge in [0.1, 0.15) is 5.75 Å². The maximum atomic E-state index is 10.0. The van der Waals surface area contributed by atoms with Crippen LogP contribution in [0.15, 0.2) is 6.20 Å². The first-order valence-corrected chi connectivity index (χ1v) is 7.32. The molecule has 1 aromatic heterocycles. The molecular formula is C15H24N2O3. The molecule has 112 valence electrons. The molecule has 1 aromatic rings. The molecule has 0 spiro atoms. The Labute approximate surface area is 120 Å². The van der Waals surface area contributed by atoms with E-state index in [1.54, 1.807) is 13.1 Å². The van der Waals surface area contributed by atoms with Crippen LogP contribution >= 0.6 is 0 Å². The lowest BCUT2D eigenvalue weighted by atomic mass is 10.1. The van der Waals surface area contributed by atoms with E-state index in [0.29, 0.717) is 23.9 Å². The molecule has 0 radical (unpaired) electrons. The molecule has 3 N–H and O–H groups in total. The third-order valence-electron chi connectivity index (χ3n) is 3.82. The number of hydrogen-bond acceptors (Lipinski definition) is 5. The first-order valence-electron chi connectivity index (χ1n) is 7.32. The van der Waals surface area contributed by atoms with E-state index in [9.17, 15) is 10.2 Å². The highest BCUT2D eigenvalue weighted by atomic mass is 16.5. The summed E-state index contributed by atoms with van der Waals surface area (Å²) in [6, 6.07) is 0. The minimum Gasteiger partial charge on any atom is -0.506 e. The number of pyridine rings is 1. The zero-order chi connectivity index (χ0) is 14.4. The van der Waals surface area contributed by atoms with Gasteiger partial charge < -0.3 is 20.3 Å². The van der Waals surface area contributed by atoms with E-state index in [0.717, 1.165) is 31.6 Å². The normalized spacial score (nSPS) is 19.2. The Morgan fingerprint density at radius 2 is 2.30 bits per heavy atom. The van der Waals surface area contributed by atoms with Crippen molar-refractivity contribution < 1.29 is 14.9 Å². The van der Waals surface area contributed by atoms with Crippen LogP contribution < -0.4 is 5.32 Å². The largest absolute Gasteiger partial charge is 0.506 e. The Kier molecular flexibility index (Phi) is 5.76. The molecule has 0 amide bonds. The molecule has 1 unspecified atom stereocenters. The molecule has 0 saturated carbocycles. The number of aryl methyl sites for hydroxylation is 1. The molecule has 5 heteroatoms. The van der Waals surface area contributed by atoms with E-state index in [1.165, 1.54) is 12.8 Å². The van der Waals surface area contributed by atoms with E-state index in [2.05, 4.69) is 10.3 Å². The summed E-state index contributed by atoms with van der Waals surface area (Å²) in [5, 5.41) is 22.6. The molecule has 1 aliphatic heterocycles. The Morgan fingerprint density at radius 3 is 3.00 bits per heavy atom. The van der Waals surface area contributed by atoms with Crippen molar-refractivity contribution in [3.05, 3.63) is 23.0 Å². The molecule has 0 aromatic carbocycles. The van der Waals surface area contributed by atoms with Gasteiger partial charge in [-0.2, -0.15) is 0 Å². The highest BCUT2D eigenvalue weighted by Crippen LogP contribution is 2.23. The summed E-state index contributed by atoms with van der Waals surface area (Å²) < 4.78 is 5.68. The SMILES string of the molecule is Cc1ncc(CO)c(CNCCC2CCCCO2)c1O. The number of nitrogens with one attached hydrogen (secondary N) is 1. The molecule has 1 saturated heterocycles. The van der Waals surface area contributed by atoms with Gasteiger partial charge >= 0.3 is 0 Å². The predicted molar refractivity (Wildman–Crippen MR) is 76.5 cm³/mol. The van der Waals surface area contributed by atoms with Crippen molar-refractivity contribution in [3.63, 3.8) is 0 Å². The molecule has 2 heterocycles. The van der Waals surface area contributed by atoms with Crippen molar-refractivity contribution in [2.24, 2.45) is 0 Å². The van der Waals surface area contributed by atoms with Gasteiger partial charge in [-0.15, -0.1) is 0 Å². The standard InChI is InChI=1S/C15H24N2O3/c1-11-15(19)14(12(10-18)8-17-11)9-16-6-5-13-4-2-3-7-20-13/h8,13,16,18-19H,2-7,9-10H2,1H3. The van der Waals surface area contributed by atoms with Gasteiger partial charge in [0.15, 0.2) is 0 Å². The minimum absolute atomic E-state index is 0.108. The average molecular weight is 280 g/mol. The smallest absolute Gasteiger partial charge is 0.141 e. The molecule has 1 atom stereocenters. The van der Waals surface area contributed by atoms with E-state index >= 15 is 0 Å². The maximum Gasteiger partial charge on any atom is 0.141 e. The lowest BCUT2D eigenvalue weighted by molar-refractivity contribution is 0.0115. The second-order valence-electron chi connectivity index (χ2n) is 5.31. The molecular weight excluding hydrogens is 256 g/mol. The highest BCUT2D eigenvalue weighted by molar-refractivity contribution is 5.40. The lowest BCUT2D eigenvalue weighted by Crippen LogP contribution is -2.25. The summed E-state index contributed by atoms with van der Waals surface area (Å²) in [5.41, 5.74) is 2.01. The van der Waals surface area contributed by atoms with Gasteiger partial charge in [-0.3, -0.25) is 4.98 Å². The summed E-state index contributed by atoms with van der Waals surface area (Å²) in [6.07, 6.45) is 6.54. The summed E-state index contributed by atoms with van der Waals surface area (Å²) in [5.74, 6) is 0.179. The second kappa shape index (κ2) is 7.57. The van der Waals surface area contributed by atoms with Crippen LogP contribution in [-0.2, 0) is 17.9 Å². The minimum atomic E-state index is -0.108. The predicted octanol–water partition coefficient (Wildman–Crippen LogP) is 1.64. The molecule has 5 nitrogen and oxygen atoms in total. The third-order valence-corrected chi connectivity index (χ3v) is 3.82. The topological polar surface area (TPSA) is 74.6 Å². The average Bonchev–Trinajstić information content (AvgIpc) is 2.49. The number of aromatic nitrogens is 1. The monoisotopic (exact) mass is 280 g/mol. The van der Waals surface area contributed by atoms with Gasteiger partial charge in [0.05, 0.1) is 18.4 Å². The number of nitrogens with zero attached hydrogens (tertiary/aromatic N) is 1. The Morgan fingerprint density at radius 1 is 1.45 bits per heavy atom. The van der Waals surface area contributed by atoms with E-state index in [-0.39, 0.29) is 12.4 Å². The number of aliphatic hydroxyl groups is 1. The van der Waals surface area contributed by atoms with Crippen LogP contribution in [0.2, 0.25) is 0 Å². The summed E-state index contributed by atoms with van der Waals surface area (Å²) in [7, 11) is 0. The first kappa shape index (κ1) is 15.2. The van der Waals surface area contributed by atoms with Crippen molar-refractivity contribution in [2.75, 3.05) is 13.2 Å². The van der Waals surface area contributed by atoms with Gasteiger partial charge in [0, 0.05) is 30.5 Å². The summed E-state index contributed by atoms with van der Waals surface area (Å²) in [4.78, 5) is 4.05. The zero-order valence-electron chi connectivity index (χ0n) is 12.1. The van der Waals surface area contributed by atoms with Gasteiger partial charge in [-0.25, -0.2) is 0 Å². The fourth-order valence-corrected chi connectivity index (χ4v) is 2.53. The van der Waals surface area contributed by atoms with Crippen molar-refractivity contribution in [3.8, 4) is 5.75 Å². The number of rotatable bonds is 6. The van der Waals surface area contributed by atoms with Crippen LogP contribution in [0.1, 0.15) is 42.5 Å². The highest BCUT2D eigenvalue weighted by Gasteiger charge is 2.14.